The van der Waals surface area contributed by atoms with Crippen molar-refractivity contribution in [3.63, 3.8) is 0 Å². The van der Waals surface area contributed by atoms with Gasteiger partial charge in [0.15, 0.2) is 0 Å². The highest BCUT2D eigenvalue weighted by Crippen LogP contribution is 2.30. The van der Waals surface area contributed by atoms with E-state index < -0.39 is 0 Å². The number of rotatable bonds is 2. The third kappa shape index (κ3) is 2.88. The lowest BCUT2D eigenvalue weighted by molar-refractivity contribution is 0.0584. The molecule has 4 heteroatoms. The second-order valence-corrected chi connectivity index (χ2v) is 5.91. The summed E-state index contributed by atoms with van der Waals surface area (Å²) >= 11 is 0. The minimum absolute atomic E-state index is 0.0865. The van der Waals surface area contributed by atoms with E-state index in [0.717, 1.165) is 25.9 Å². The first-order valence-corrected chi connectivity index (χ1v) is 6.70. The first-order valence-electron chi connectivity index (χ1n) is 6.70. The van der Waals surface area contributed by atoms with Crippen molar-refractivity contribution >= 4 is 11.6 Å². The standard InChI is InChI=1S/C15H21FN2O/c1-15(2)8-5-9-18(10-15)14(19)11-6-4-7-12(16)13(11)17-3/h4,6-7,17H,5,8-10H2,1-3H3. The fourth-order valence-electron chi connectivity index (χ4n) is 2.72. The molecule has 1 amide bonds. The zero-order valence-electron chi connectivity index (χ0n) is 11.8. The maximum Gasteiger partial charge on any atom is 0.256 e. The number of para-hydroxylation sites is 1. The van der Waals surface area contributed by atoms with Crippen LogP contribution in [-0.4, -0.2) is 30.9 Å². The van der Waals surface area contributed by atoms with Crippen molar-refractivity contribution in [3.8, 4) is 0 Å². The Kier molecular flexibility index (Phi) is 3.78. The third-order valence-electron chi connectivity index (χ3n) is 3.68. The molecule has 1 aliphatic rings. The van der Waals surface area contributed by atoms with Gasteiger partial charge in [-0.3, -0.25) is 4.79 Å². The summed E-state index contributed by atoms with van der Waals surface area (Å²) < 4.78 is 13.7. The Hall–Kier alpha value is -1.58. The summed E-state index contributed by atoms with van der Waals surface area (Å²) in [6.45, 7) is 5.81. The highest BCUT2D eigenvalue weighted by molar-refractivity contribution is 5.99. The van der Waals surface area contributed by atoms with Crippen LogP contribution in [0.2, 0.25) is 0 Å². The van der Waals surface area contributed by atoms with E-state index in [2.05, 4.69) is 19.2 Å². The Balaban J connectivity index is 2.27. The van der Waals surface area contributed by atoms with E-state index in [0.29, 0.717) is 5.56 Å². The molecule has 0 aliphatic carbocycles. The van der Waals surface area contributed by atoms with Crippen LogP contribution in [0.1, 0.15) is 37.0 Å². The van der Waals surface area contributed by atoms with Gasteiger partial charge in [0.1, 0.15) is 5.82 Å². The van der Waals surface area contributed by atoms with Crippen LogP contribution in [0.15, 0.2) is 18.2 Å². The highest BCUT2D eigenvalue weighted by atomic mass is 19.1. The van der Waals surface area contributed by atoms with Crippen molar-refractivity contribution in [1.29, 1.82) is 0 Å². The van der Waals surface area contributed by atoms with Crippen molar-refractivity contribution in [2.75, 3.05) is 25.5 Å². The molecule has 0 aromatic heterocycles. The molecule has 1 aromatic carbocycles. The van der Waals surface area contributed by atoms with Gasteiger partial charge in [0, 0.05) is 20.1 Å². The molecule has 0 unspecified atom stereocenters. The molecule has 1 saturated heterocycles. The zero-order valence-corrected chi connectivity index (χ0v) is 11.8. The predicted octanol–water partition coefficient (Wildman–Crippen LogP) is 3.13. The lowest BCUT2D eigenvalue weighted by atomic mass is 9.84. The lowest BCUT2D eigenvalue weighted by Crippen LogP contribution is -2.43. The Morgan fingerprint density at radius 3 is 2.79 bits per heavy atom. The lowest BCUT2D eigenvalue weighted by Gasteiger charge is -2.38. The number of carbonyl (C=O) groups is 1. The van der Waals surface area contributed by atoms with Crippen molar-refractivity contribution < 1.29 is 9.18 Å². The van der Waals surface area contributed by atoms with E-state index in [1.54, 1.807) is 19.2 Å². The Bertz CT molecular complexity index is 485. The van der Waals surface area contributed by atoms with Crippen LogP contribution in [0.4, 0.5) is 10.1 Å². The molecule has 0 saturated carbocycles. The molecule has 104 valence electrons. The SMILES string of the molecule is CNc1c(F)cccc1C(=O)N1CCCC(C)(C)C1. The van der Waals surface area contributed by atoms with Gasteiger partial charge >= 0.3 is 0 Å². The normalized spacial score (nSPS) is 18.2. The molecule has 2 rings (SSSR count). The van der Waals surface area contributed by atoms with Gasteiger partial charge in [-0.25, -0.2) is 4.39 Å². The first kappa shape index (κ1) is 13.8. The molecule has 0 bridgehead atoms. The van der Waals surface area contributed by atoms with Crippen molar-refractivity contribution in [2.24, 2.45) is 5.41 Å². The molecular formula is C15H21FN2O. The second-order valence-electron chi connectivity index (χ2n) is 5.91. The van der Waals surface area contributed by atoms with Gasteiger partial charge in [-0.2, -0.15) is 0 Å². The average molecular weight is 264 g/mol. The van der Waals surface area contributed by atoms with Crippen molar-refractivity contribution in [3.05, 3.63) is 29.6 Å². The number of benzene rings is 1. The summed E-state index contributed by atoms with van der Waals surface area (Å²) in [7, 11) is 1.63. The van der Waals surface area contributed by atoms with Crippen LogP contribution < -0.4 is 5.32 Å². The number of carbonyl (C=O) groups excluding carboxylic acids is 1. The molecule has 19 heavy (non-hydrogen) atoms. The van der Waals surface area contributed by atoms with Crippen molar-refractivity contribution in [2.45, 2.75) is 26.7 Å². The Morgan fingerprint density at radius 2 is 2.16 bits per heavy atom. The van der Waals surface area contributed by atoms with Gasteiger partial charge in [-0.05, 0) is 30.4 Å². The fourth-order valence-corrected chi connectivity index (χ4v) is 2.72. The molecule has 0 spiro atoms. The number of hydrogen-bond donors (Lipinski definition) is 1. The average Bonchev–Trinajstić information content (AvgIpc) is 2.36. The Labute approximate surface area is 113 Å². The predicted molar refractivity (Wildman–Crippen MR) is 74.9 cm³/mol. The summed E-state index contributed by atoms with van der Waals surface area (Å²) in [5.41, 5.74) is 0.845. The number of halogens is 1. The van der Waals surface area contributed by atoms with E-state index >= 15 is 0 Å². The minimum Gasteiger partial charge on any atom is -0.385 e. The molecule has 1 N–H and O–H groups in total. The number of likely N-dealkylation sites (tertiary alicyclic amines) is 1. The molecule has 1 fully saturated rings. The molecule has 0 radical (unpaired) electrons. The maximum absolute atomic E-state index is 13.7. The molecule has 0 atom stereocenters. The highest BCUT2D eigenvalue weighted by Gasteiger charge is 2.30. The first-order chi connectivity index (χ1) is 8.94. The number of piperidine rings is 1. The quantitative estimate of drug-likeness (QED) is 0.890. The summed E-state index contributed by atoms with van der Waals surface area (Å²) in [5.74, 6) is -0.471. The zero-order chi connectivity index (χ0) is 14.0. The summed E-state index contributed by atoms with van der Waals surface area (Å²) in [4.78, 5) is 14.4. The monoisotopic (exact) mass is 264 g/mol. The van der Waals surface area contributed by atoms with Gasteiger partial charge in [0.2, 0.25) is 0 Å². The van der Waals surface area contributed by atoms with E-state index in [1.165, 1.54) is 6.07 Å². The van der Waals surface area contributed by atoms with E-state index in [-0.39, 0.29) is 22.8 Å². The summed E-state index contributed by atoms with van der Waals surface area (Å²) in [6, 6.07) is 4.63. The van der Waals surface area contributed by atoms with E-state index in [4.69, 9.17) is 0 Å². The fraction of sp³-hybridized carbons (Fsp3) is 0.533. The Morgan fingerprint density at radius 1 is 1.42 bits per heavy atom. The van der Waals surface area contributed by atoms with Crippen molar-refractivity contribution in [1.82, 2.24) is 4.90 Å². The molecule has 1 heterocycles. The summed E-state index contributed by atoms with van der Waals surface area (Å²) in [6.07, 6.45) is 2.13. The van der Waals surface area contributed by atoms with E-state index in [9.17, 15) is 9.18 Å². The topological polar surface area (TPSA) is 32.3 Å². The number of nitrogens with one attached hydrogen (secondary N) is 1. The van der Waals surface area contributed by atoms with Gasteiger partial charge in [0.05, 0.1) is 11.3 Å². The van der Waals surface area contributed by atoms with Gasteiger partial charge < -0.3 is 10.2 Å². The molecular weight excluding hydrogens is 243 g/mol. The molecule has 1 aromatic rings. The van der Waals surface area contributed by atoms with Crippen LogP contribution in [-0.2, 0) is 0 Å². The van der Waals surface area contributed by atoms with Crippen LogP contribution >= 0.6 is 0 Å². The van der Waals surface area contributed by atoms with Crippen LogP contribution in [0, 0.1) is 11.2 Å². The number of amides is 1. The number of nitrogens with zero attached hydrogens (tertiary/aromatic N) is 1. The smallest absolute Gasteiger partial charge is 0.256 e. The number of anilines is 1. The largest absolute Gasteiger partial charge is 0.385 e. The molecule has 1 aliphatic heterocycles. The minimum atomic E-state index is -0.385. The maximum atomic E-state index is 13.7. The molecule has 3 nitrogen and oxygen atoms in total. The van der Waals surface area contributed by atoms with Gasteiger partial charge in [0.25, 0.3) is 5.91 Å². The number of hydrogen-bond acceptors (Lipinski definition) is 2. The second kappa shape index (κ2) is 5.19. The van der Waals surface area contributed by atoms with E-state index in [1.807, 2.05) is 4.90 Å². The van der Waals surface area contributed by atoms with Crippen LogP contribution in [0.5, 0.6) is 0 Å². The van der Waals surface area contributed by atoms with Crippen LogP contribution in [0.25, 0.3) is 0 Å². The van der Waals surface area contributed by atoms with Gasteiger partial charge in [-0.15, -0.1) is 0 Å². The van der Waals surface area contributed by atoms with Crippen LogP contribution in [0.3, 0.4) is 0 Å². The third-order valence-corrected chi connectivity index (χ3v) is 3.68. The van der Waals surface area contributed by atoms with Gasteiger partial charge in [-0.1, -0.05) is 19.9 Å². The summed E-state index contributed by atoms with van der Waals surface area (Å²) in [5, 5.41) is 2.78.